The van der Waals surface area contributed by atoms with E-state index in [2.05, 4.69) is 34.3 Å². The number of hydrogen-bond donors (Lipinski definition) is 2. The number of benzene rings is 2. The smallest absolute Gasteiger partial charge is 0.319 e. The number of halogens is 1. The fourth-order valence-corrected chi connectivity index (χ4v) is 4.62. The maximum atomic E-state index is 12.2. The van der Waals surface area contributed by atoms with Crippen molar-refractivity contribution in [1.82, 2.24) is 10.2 Å². The number of urea groups is 1. The van der Waals surface area contributed by atoms with E-state index < -0.39 is 0 Å². The third kappa shape index (κ3) is 6.37. The highest BCUT2D eigenvalue weighted by molar-refractivity contribution is 6.33. The minimum atomic E-state index is -0.368. The van der Waals surface area contributed by atoms with Gasteiger partial charge in [0.05, 0.1) is 23.2 Å². The van der Waals surface area contributed by atoms with Crippen LogP contribution in [0.4, 0.5) is 10.5 Å². The quantitative estimate of drug-likeness (QED) is 0.539. The van der Waals surface area contributed by atoms with Crippen molar-refractivity contribution in [2.75, 3.05) is 32.1 Å². The first-order valence-corrected chi connectivity index (χ1v) is 12.9. The van der Waals surface area contributed by atoms with Crippen LogP contribution < -0.4 is 30.7 Å². The van der Waals surface area contributed by atoms with Gasteiger partial charge in [0.25, 0.3) is 0 Å². The third-order valence-corrected chi connectivity index (χ3v) is 6.51. The standard InChI is InChI=1S/C29H33ClN4O4/c1-6-27(35)34-13-10-18(11-14-34)20-16-21-24(17-26(20)37-5)31-12-9-25(21)38-19-7-8-23(22(30)15-19)32-28(36)33-29(2,3)4/h6-8,10,15-17H,1,9,11-14H2,2-5H3,(H2,32,33,36). The molecular formula is C29H33ClN4O4. The summed E-state index contributed by atoms with van der Waals surface area (Å²) in [5.74, 6) is 2.00. The van der Waals surface area contributed by atoms with Crippen molar-refractivity contribution in [3.05, 3.63) is 70.2 Å². The van der Waals surface area contributed by atoms with Crippen LogP contribution in [0, 0.1) is 0 Å². The van der Waals surface area contributed by atoms with E-state index >= 15 is 0 Å². The Morgan fingerprint density at radius 2 is 1.97 bits per heavy atom. The van der Waals surface area contributed by atoms with Crippen LogP contribution in [-0.2, 0) is 4.79 Å². The summed E-state index contributed by atoms with van der Waals surface area (Å²) in [4.78, 5) is 30.6. The van der Waals surface area contributed by atoms with Crippen LogP contribution in [-0.4, -0.2) is 49.1 Å². The Morgan fingerprint density at radius 3 is 2.61 bits per heavy atom. The van der Waals surface area contributed by atoms with Crippen LogP contribution in [0.3, 0.4) is 0 Å². The van der Waals surface area contributed by atoms with Gasteiger partial charge in [0.15, 0.2) is 0 Å². The number of anilines is 1. The first kappa shape index (κ1) is 27.3. The molecule has 2 heterocycles. The summed E-state index contributed by atoms with van der Waals surface area (Å²) in [6.07, 6.45) is 4.73. The molecular weight excluding hydrogens is 504 g/mol. The predicted molar refractivity (Wildman–Crippen MR) is 150 cm³/mol. The first-order valence-electron chi connectivity index (χ1n) is 12.5. The number of hydrogen-bond acceptors (Lipinski definition) is 5. The second-order valence-electron chi connectivity index (χ2n) is 10.2. The monoisotopic (exact) mass is 536 g/mol. The molecule has 0 radical (unpaired) electrons. The molecule has 0 saturated heterocycles. The SMILES string of the molecule is C=CC(=O)N1CC=C(c2cc3c(cc2OC)=NCCC=3Oc2ccc(NC(=O)NC(C)(C)C)c(Cl)c2)CC1. The van der Waals surface area contributed by atoms with Gasteiger partial charge in [0.1, 0.15) is 17.3 Å². The number of methoxy groups -OCH3 is 1. The molecule has 0 saturated carbocycles. The molecule has 0 atom stereocenters. The van der Waals surface area contributed by atoms with Crippen molar-refractivity contribution in [3.63, 3.8) is 0 Å². The van der Waals surface area contributed by atoms with Crippen LogP contribution in [0.2, 0.25) is 5.02 Å². The van der Waals surface area contributed by atoms with Crippen molar-refractivity contribution in [3.8, 4) is 11.5 Å². The Morgan fingerprint density at radius 1 is 1.18 bits per heavy atom. The average Bonchev–Trinajstić information content (AvgIpc) is 2.88. The van der Waals surface area contributed by atoms with Gasteiger partial charge in [-0.2, -0.15) is 0 Å². The molecule has 8 nitrogen and oxygen atoms in total. The zero-order chi connectivity index (χ0) is 27.4. The third-order valence-electron chi connectivity index (χ3n) is 6.20. The van der Waals surface area contributed by atoms with Crippen molar-refractivity contribution in [1.29, 1.82) is 0 Å². The van der Waals surface area contributed by atoms with Crippen LogP contribution >= 0.6 is 11.6 Å². The van der Waals surface area contributed by atoms with Crippen LogP contribution in [0.5, 0.6) is 11.5 Å². The molecule has 0 aromatic heterocycles. The Labute approximate surface area is 227 Å². The van der Waals surface area contributed by atoms with E-state index in [0.717, 1.165) is 33.2 Å². The fraction of sp³-hybridized carbons (Fsp3) is 0.345. The highest BCUT2D eigenvalue weighted by Crippen LogP contribution is 2.30. The Hall–Kier alpha value is -3.78. The molecule has 0 spiro atoms. The van der Waals surface area contributed by atoms with Crippen LogP contribution in [0.1, 0.15) is 39.2 Å². The van der Waals surface area contributed by atoms with E-state index in [1.54, 1.807) is 30.2 Å². The van der Waals surface area contributed by atoms with E-state index in [9.17, 15) is 9.59 Å². The van der Waals surface area contributed by atoms with Gasteiger partial charge < -0.3 is 25.0 Å². The zero-order valence-corrected chi connectivity index (χ0v) is 22.9. The van der Waals surface area contributed by atoms with Gasteiger partial charge in [-0.05, 0) is 57.0 Å². The predicted octanol–water partition coefficient (Wildman–Crippen LogP) is 4.28. The molecule has 2 aliphatic rings. The second-order valence-corrected chi connectivity index (χ2v) is 10.6. The van der Waals surface area contributed by atoms with Gasteiger partial charge in [-0.1, -0.05) is 24.3 Å². The van der Waals surface area contributed by atoms with E-state index in [0.29, 0.717) is 48.9 Å². The number of amides is 3. The molecule has 200 valence electrons. The topological polar surface area (TPSA) is 92.3 Å². The molecule has 0 aliphatic carbocycles. The summed E-state index contributed by atoms with van der Waals surface area (Å²) in [5.41, 5.74) is 2.19. The lowest BCUT2D eigenvalue weighted by molar-refractivity contribution is -0.125. The van der Waals surface area contributed by atoms with Gasteiger partial charge in [-0.25, -0.2) is 4.79 Å². The Balaban J connectivity index is 1.63. The molecule has 0 unspecified atom stereocenters. The fourth-order valence-electron chi connectivity index (χ4n) is 4.40. The van der Waals surface area contributed by atoms with Gasteiger partial charge in [-0.15, -0.1) is 0 Å². The molecule has 0 fully saturated rings. The Bertz CT molecular complexity index is 1430. The molecule has 9 heteroatoms. The largest absolute Gasteiger partial charge is 0.496 e. The van der Waals surface area contributed by atoms with Crippen LogP contribution in [0.15, 0.2) is 54.1 Å². The lowest BCUT2D eigenvalue weighted by Crippen LogP contribution is -2.43. The Kier molecular flexibility index (Phi) is 8.11. The maximum Gasteiger partial charge on any atom is 0.319 e. The summed E-state index contributed by atoms with van der Waals surface area (Å²) in [6, 6.07) is 8.83. The van der Waals surface area contributed by atoms with E-state index in [4.69, 9.17) is 21.1 Å². The van der Waals surface area contributed by atoms with Gasteiger partial charge in [0, 0.05) is 54.5 Å². The number of carbonyl (C=O) groups is 2. The molecule has 2 aromatic rings. The van der Waals surface area contributed by atoms with E-state index in [1.165, 1.54) is 6.08 Å². The van der Waals surface area contributed by atoms with Crippen molar-refractivity contribution < 1.29 is 19.1 Å². The highest BCUT2D eigenvalue weighted by Gasteiger charge is 2.20. The van der Waals surface area contributed by atoms with Crippen molar-refractivity contribution in [2.45, 2.75) is 39.2 Å². The van der Waals surface area contributed by atoms with Gasteiger partial charge >= 0.3 is 6.03 Å². The average molecular weight is 537 g/mol. The van der Waals surface area contributed by atoms with E-state index in [-0.39, 0.29) is 17.5 Å². The van der Waals surface area contributed by atoms with Crippen LogP contribution in [0.25, 0.3) is 11.3 Å². The molecule has 3 amide bonds. The molecule has 2 aromatic carbocycles. The lowest BCUT2D eigenvalue weighted by atomic mass is 9.96. The molecule has 4 rings (SSSR count). The summed E-state index contributed by atoms with van der Waals surface area (Å²) in [7, 11) is 1.64. The van der Waals surface area contributed by atoms with Crippen molar-refractivity contribution in [2.24, 2.45) is 4.99 Å². The van der Waals surface area contributed by atoms with E-state index in [1.807, 2.05) is 26.8 Å². The number of rotatable bonds is 6. The number of nitrogens with zero attached hydrogens (tertiary/aromatic N) is 2. The summed E-state index contributed by atoms with van der Waals surface area (Å²) < 4.78 is 12.0. The number of fused-ring (bicyclic) bond motifs is 1. The number of carbonyl (C=O) groups excluding carboxylic acids is 2. The molecule has 2 aliphatic heterocycles. The summed E-state index contributed by atoms with van der Waals surface area (Å²) >= 11 is 6.47. The molecule has 38 heavy (non-hydrogen) atoms. The minimum Gasteiger partial charge on any atom is -0.496 e. The minimum absolute atomic E-state index is 0.0739. The normalized spacial score (nSPS) is 15.0. The summed E-state index contributed by atoms with van der Waals surface area (Å²) in [5, 5.41) is 7.68. The maximum absolute atomic E-state index is 12.2. The first-order chi connectivity index (χ1) is 18.1. The van der Waals surface area contributed by atoms with Crippen molar-refractivity contribution >= 4 is 40.6 Å². The number of nitrogens with one attached hydrogen (secondary N) is 2. The lowest BCUT2D eigenvalue weighted by Gasteiger charge is -2.26. The highest BCUT2D eigenvalue weighted by atomic mass is 35.5. The second kappa shape index (κ2) is 11.3. The van der Waals surface area contributed by atoms with Gasteiger partial charge in [-0.3, -0.25) is 9.79 Å². The van der Waals surface area contributed by atoms with Gasteiger partial charge in [0.2, 0.25) is 5.91 Å². The molecule has 2 N–H and O–H groups in total. The molecule has 0 bridgehead atoms. The summed E-state index contributed by atoms with van der Waals surface area (Å²) in [6.45, 7) is 11.0. The number of ether oxygens (including phenoxy) is 2. The zero-order valence-electron chi connectivity index (χ0n) is 22.2.